The zero-order valence-electron chi connectivity index (χ0n) is 14.5. The number of carbonyl (C=O) groups excluding carboxylic acids is 1. The number of rotatable bonds is 3. The van der Waals surface area contributed by atoms with Crippen LogP contribution < -0.4 is 16.2 Å². The summed E-state index contributed by atoms with van der Waals surface area (Å²) in [6.07, 6.45) is 1.90. The maximum Gasteiger partial charge on any atom is 0.258 e. The van der Waals surface area contributed by atoms with Gasteiger partial charge in [-0.05, 0) is 41.2 Å². The summed E-state index contributed by atoms with van der Waals surface area (Å²) in [4.78, 5) is 12.2. The largest absolute Gasteiger partial charge is 0.338 e. The summed E-state index contributed by atoms with van der Waals surface area (Å²) in [7, 11) is 0. The lowest BCUT2D eigenvalue weighted by atomic mass is 10.1. The molecule has 0 saturated heterocycles. The van der Waals surface area contributed by atoms with Gasteiger partial charge in [0.1, 0.15) is 6.54 Å². The normalized spacial score (nSPS) is 10.7. The molecule has 0 radical (unpaired) electrons. The first kappa shape index (κ1) is 17.1. The van der Waals surface area contributed by atoms with Crippen LogP contribution in [0.25, 0.3) is 21.7 Å². The Labute approximate surface area is 162 Å². The van der Waals surface area contributed by atoms with E-state index in [0.29, 0.717) is 5.11 Å². The molecule has 0 saturated carbocycles. The number of aromatic nitrogens is 1. The smallest absolute Gasteiger partial charge is 0.258 e. The molecule has 1 amide bonds. The lowest BCUT2D eigenvalue weighted by molar-refractivity contribution is -0.122. The number of nitrogens with zero attached hydrogens (tertiary/aromatic N) is 1. The Kier molecular flexibility index (Phi) is 4.72. The van der Waals surface area contributed by atoms with Gasteiger partial charge < -0.3 is 9.88 Å². The number of hydrazine groups is 1. The number of anilines is 1. The minimum absolute atomic E-state index is 0.182. The maximum atomic E-state index is 12.2. The van der Waals surface area contributed by atoms with Crippen molar-refractivity contribution in [3.63, 3.8) is 0 Å². The first-order chi connectivity index (χ1) is 13.2. The van der Waals surface area contributed by atoms with Crippen LogP contribution in [0, 0.1) is 0 Å². The average molecular weight is 374 g/mol. The summed E-state index contributed by atoms with van der Waals surface area (Å²) in [6, 6.07) is 23.9. The molecule has 1 aromatic heterocycles. The minimum atomic E-state index is -0.182. The van der Waals surface area contributed by atoms with Crippen LogP contribution >= 0.6 is 12.2 Å². The Morgan fingerprint density at radius 3 is 2.48 bits per heavy atom. The third kappa shape index (κ3) is 3.75. The van der Waals surface area contributed by atoms with Crippen LogP contribution in [-0.4, -0.2) is 15.6 Å². The molecule has 4 rings (SSSR count). The van der Waals surface area contributed by atoms with Crippen molar-refractivity contribution in [1.29, 1.82) is 0 Å². The van der Waals surface area contributed by atoms with Gasteiger partial charge in [0.05, 0.1) is 0 Å². The van der Waals surface area contributed by atoms with Crippen molar-refractivity contribution < 1.29 is 4.79 Å². The Morgan fingerprint density at radius 2 is 1.59 bits per heavy atom. The number of carbonyl (C=O) groups is 1. The molecule has 6 heteroatoms. The fraction of sp³-hybridized carbons (Fsp3) is 0.0476. The highest BCUT2D eigenvalue weighted by Crippen LogP contribution is 2.22. The lowest BCUT2D eigenvalue weighted by Gasteiger charge is -2.13. The molecule has 0 aliphatic carbocycles. The first-order valence-electron chi connectivity index (χ1n) is 8.58. The van der Waals surface area contributed by atoms with Crippen molar-refractivity contribution in [2.75, 3.05) is 5.32 Å². The molecule has 0 fully saturated rings. The van der Waals surface area contributed by atoms with Gasteiger partial charge in [-0.25, -0.2) is 0 Å². The van der Waals surface area contributed by atoms with E-state index >= 15 is 0 Å². The summed E-state index contributed by atoms with van der Waals surface area (Å²) in [5, 5.41) is 6.74. The third-order valence-electron chi connectivity index (χ3n) is 4.35. The highest BCUT2D eigenvalue weighted by atomic mass is 32.1. The van der Waals surface area contributed by atoms with Crippen LogP contribution in [0.2, 0.25) is 0 Å². The van der Waals surface area contributed by atoms with Crippen molar-refractivity contribution in [1.82, 2.24) is 15.4 Å². The molecule has 1 heterocycles. The molecular formula is C21H18N4OS. The monoisotopic (exact) mass is 374 g/mol. The molecule has 0 aliphatic heterocycles. The van der Waals surface area contributed by atoms with Crippen molar-refractivity contribution in [2.45, 2.75) is 6.54 Å². The van der Waals surface area contributed by atoms with Crippen molar-refractivity contribution in [3.05, 3.63) is 79.0 Å². The highest BCUT2D eigenvalue weighted by Gasteiger charge is 2.07. The molecule has 0 aliphatic rings. The van der Waals surface area contributed by atoms with E-state index in [9.17, 15) is 4.79 Å². The summed E-state index contributed by atoms with van der Waals surface area (Å²) in [5.74, 6) is -0.182. The SMILES string of the molecule is O=C(Cn1ccc2ccccc21)NNC(=S)Nc1cccc2ccccc12. The predicted molar refractivity (Wildman–Crippen MR) is 113 cm³/mol. The first-order valence-corrected chi connectivity index (χ1v) is 8.99. The van der Waals surface area contributed by atoms with Crippen LogP contribution in [-0.2, 0) is 11.3 Å². The quantitative estimate of drug-likeness (QED) is 0.377. The van der Waals surface area contributed by atoms with E-state index in [-0.39, 0.29) is 12.5 Å². The molecule has 4 aromatic rings. The van der Waals surface area contributed by atoms with E-state index in [1.54, 1.807) is 0 Å². The molecule has 0 atom stereocenters. The summed E-state index contributed by atoms with van der Waals surface area (Å²) in [5.41, 5.74) is 7.31. The Morgan fingerprint density at radius 1 is 0.852 bits per heavy atom. The molecule has 0 bridgehead atoms. The second-order valence-corrected chi connectivity index (χ2v) is 6.56. The van der Waals surface area contributed by atoms with Crippen LogP contribution in [0.15, 0.2) is 79.0 Å². The number of thiocarbonyl (C=S) groups is 1. The van der Waals surface area contributed by atoms with Gasteiger partial charge in [0.25, 0.3) is 5.91 Å². The van der Waals surface area contributed by atoms with Gasteiger partial charge in [-0.3, -0.25) is 15.6 Å². The number of nitrogens with one attached hydrogen (secondary N) is 3. The molecule has 3 N–H and O–H groups in total. The summed E-state index contributed by atoms with van der Waals surface area (Å²) < 4.78 is 1.90. The zero-order chi connectivity index (χ0) is 18.6. The molecule has 27 heavy (non-hydrogen) atoms. The van der Waals surface area contributed by atoms with E-state index in [0.717, 1.165) is 27.4 Å². The molecular weight excluding hydrogens is 356 g/mol. The van der Waals surface area contributed by atoms with E-state index in [1.807, 2.05) is 83.6 Å². The van der Waals surface area contributed by atoms with E-state index in [1.165, 1.54) is 0 Å². The van der Waals surface area contributed by atoms with Crippen LogP contribution in [0.5, 0.6) is 0 Å². The number of hydrogen-bond acceptors (Lipinski definition) is 2. The molecule has 5 nitrogen and oxygen atoms in total. The lowest BCUT2D eigenvalue weighted by Crippen LogP contribution is -2.45. The second-order valence-electron chi connectivity index (χ2n) is 6.16. The molecule has 134 valence electrons. The van der Waals surface area contributed by atoms with Crippen molar-refractivity contribution in [2.24, 2.45) is 0 Å². The number of benzene rings is 3. The topological polar surface area (TPSA) is 58.1 Å². The number of fused-ring (bicyclic) bond motifs is 2. The number of para-hydroxylation sites is 1. The maximum absolute atomic E-state index is 12.2. The predicted octanol–water partition coefficient (Wildman–Crippen LogP) is 3.81. The Hall–Kier alpha value is -3.38. The van der Waals surface area contributed by atoms with Gasteiger partial charge in [0.15, 0.2) is 5.11 Å². The van der Waals surface area contributed by atoms with Gasteiger partial charge in [0.2, 0.25) is 0 Å². The fourth-order valence-electron chi connectivity index (χ4n) is 3.09. The van der Waals surface area contributed by atoms with E-state index in [2.05, 4.69) is 16.2 Å². The standard InChI is InChI=1S/C21H18N4OS/c26-20(14-25-13-12-16-7-2-4-11-19(16)25)23-24-21(27)22-18-10-5-8-15-6-1-3-9-17(15)18/h1-13H,14H2,(H,23,26)(H2,22,24,27). The molecule has 0 unspecified atom stereocenters. The van der Waals surface area contributed by atoms with Gasteiger partial charge >= 0.3 is 0 Å². The van der Waals surface area contributed by atoms with Crippen molar-refractivity contribution in [3.8, 4) is 0 Å². The second kappa shape index (κ2) is 7.47. The Bertz CT molecular complexity index is 1130. The summed E-state index contributed by atoms with van der Waals surface area (Å²) in [6.45, 7) is 0.206. The van der Waals surface area contributed by atoms with Crippen LogP contribution in [0.3, 0.4) is 0 Å². The number of amides is 1. The van der Waals surface area contributed by atoms with Gasteiger partial charge in [-0.1, -0.05) is 54.6 Å². The number of hydrogen-bond donors (Lipinski definition) is 3. The zero-order valence-corrected chi connectivity index (χ0v) is 15.3. The van der Waals surface area contributed by atoms with Crippen molar-refractivity contribution >= 4 is 50.6 Å². The van der Waals surface area contributed by atoms with Crippen LogP contribution in [0.4, 0.5) is 5.69 Å². The van der Waals surface area contributed by atoms with Crippen LogP contribution in [0.1, 0.15) is 0 Å². The van der Waals surface area contributed by atoms with E-state index < -0.39 is 0 Å². The van der Waals surface area contributed by atoms with E-state index in [4.69, 9.17) is 12.2 Å². The average Bonchev–Trinajstić information content (AvgIpc) is 3.10. The fourth-order valence-corrected chi connectivity index (χ4v) is 3.25. The van der Waals surface area contributed by atoms with Gasteiger partial charge in [-0.15, -0.1) is 0 Å². The third-order valence-corrected chi connectivity index (χ3v) is 4.55. The highest BCUT2D eigenvalue weighted by molar-refractivity contribution is 7.80. The van der Waals surface area contributed by atoms with Gasteiger partial charge in [-0.2, -0.15) is 0 Å². The summed E-state index contributed by atoms with van der Waals surface area (Å²) >= 11 is 5.30. The minimum Gasteiger partial charge on any atom is -0.338 e. The molecule has 3 aromatic carbocycles. The Balaban J connectivity index is 1.37. The van der Waals surface area contributed by atoms with Gasteiger partial charge in [0, 0.05) is 22.8 Å². The molecule has 0 spiro atoms.